The van der Waals surface area contributed by atoms with Gasteiger partial charge in [0.25, 0.3) is 0 Å². The number of rotatable bonds is 2. The lowest BCUT2D eigenvalue weighted by Crippen LogP contribution is -2.20. The molecule has 0 aromatic heterocycles. The largest absolute Gasteiger partial charge is 0.417 e. The molecule has 0 spiro atoms. The maximum atomic E-state index is 12.8. The Labute approximate surface area is 144 Å². The first-order chi connectivity index (χ1) is 10.7. The molecule has 23 heavy (non-hydrogen) atoms. The lowest BCUT2D eigenvalue weighted by molar-refractivity contribution is -0.137. The van der Waals surface area contributed by atoms with Gasteiger partial charge in [-0.25, -0.2) is 4.79 Å². The number of hydrogen-bond acceptors (Lipinski definition) is 1. The van der Waals surface area contributed by atoms with Crippen LogP contribution >= 0.6 is 34.8 Å². The fraction of sp³-hybridized carbons (Fsp3) is 0.0714. The van der Waals surface area contributed by atoms with Gasteiger partial charge in [0, 0.05) is 11.4 Å². The molecular formula is C14H8Cl3F3N2O. The fourth-order valence-electron chi connectivity index (χ4n) is 1.69. The predicted molar refractivity (Wildman–Crippen MR) is 85.6 cm³/mol. The molecule has 0 fully saturated rings. The normalized spacial score (nSPS) is 11.2. The van der Waals surface area contributed by atoms with E-state index in [2.05, 4.69) is 10.6 Å². The lowest BCUT2D eigenvalue weighted by Gasteiger charge is -2.12. The molecule has 0 heterocycles. The first-order valence-corrected chi connectivity index (χ1v) is 7.20. The average Bonchev–Trinajstić information content (AvgIpc) is 2.44. The van der Waals surface area contributed by atoms with Crippen LogP contribution in [-0.2, 0) is 6.18 Å². The summed E-state index contributed by atoms with van der Waals surface area (Å²) in [6, 6.07) is 6.70. The van der Waals surface area contributed by atoms with Crippen molar-refractivity contribution in [3.63, 3.8) is 0 Å². The Morgan fingerprint density at radius 1 is 0.826 bits per heavy atom. The average molecular weight is 384 g/mol. The molecule has 2 N–H and O–H groups in total. The second-order valence-corrected chi connectivity index (χ2v) is 5.62. The van der Waals surface area contributed by atoms with Crippen molar-refractivity contribution in [2.75, 3.05) is 10.6 Å². The maximum Gasteiger partial charge on any atom is 0.417 e. The summed E-state index contributed by atoms with van der Waals surface area (Å²) in [5.74, 6) is 0. The van der Waals surface area contributed by atoms with Crippen LogP contribution in [0.1, 0.15) is 5.56 Å². The van der Waals surface area contributed by atoms with Crippen molar-refractivity contribution < 1.29 is 18.0 Å². The molecule has 0 unspecified atom stereocenters. The first kappa shape index (κ1) is 17.7. The van der Waals surface area contributed by atoms with Crippen molar-refractivity contribution in [2.45, 2.75) is 6.18 Å². The molecule has 0 aliphatic rings. The van der Waals surface area contributed by atoms with Crippen molar-refractivity contribution in [2.24, 2.45) is 0 Å². The molecule has 2 aromatic carbocycles. The number of amides is 2. The summed E-state index contributed by atoms with van der Waals surface area (Å²) in [6.45, 7) is 0. The van der Waals surface area contributed by atoms with E-state index in [-0.39, 0.29) is 10.7 Å². The van der Waals surface area contributed by atoms with Crippen LogP contribution in [0, 0.1) is 0 Å². The van der Waals surface area contributed by atoms with E-state index in [9.17, 15) is 18.0 Å². The Kier molecular flexibility index (Phi) is 5.29. The molecule has 3 nitrogen and oxygen atoms in total. The third kappa shape index (κ3) is 4.67. The summed E-state index contributed by atoms with van der Waals surface area (Å²) >= 11 is 17.0. The van der Waals surface area contributed by atoms with Crippen LogP contribution in [0.3, 0.4) is 0 Å². The zero-order chi connectivity index (χ0) is 17.2. The second kappa shape index (κ2) is 6.86. The van der Waals surface area contributed by atoms with Crippen LogP contribution < -0.4 is 10.6 Å². The lowest BCUT2D eigenvalue weighted by atomic mass is 10.2. The van der Waals surface area contributed by atoms with E-state index >= 15 is 0 Å². The highest BCUT2D eigenvalue weighted by atomic mass is 35.5. The van der Waals surface area contributed by atoms with E-state index in [1.807, 2.05) is 0 Å². The molecule has 0 saturated carbocycles. The molecule has 0 aliphatic heterocycles. The number of carbonyl (C=O) groups excluding carboxylic acids is 1. The summed E-state index contributed by atoms with van der Waals surface area (Å²) in [7, 11) is 0. The van der Waals surface area contributed by atoms with Crippen molar-refractivity contribution in [1.29, 1.82) is 0 Å². The number of benzene rings is 2. The Hall–Kier alpha value is -1.63. The Balaban J connectivity index is 2.12. The minimum absolute atomic E-state index is 0.0562. The molecule has 0 bridgehead atoms. The number of anilines is 2. The Morgan fingerprint density at radius 2 is 1.35 bits per heavy atom. The molecule has 9 heteroatoms. The monoisotopic (exact) mass is 382 g/mol. The van der Waals surface area contributed by atoms with Gasteiger partial charge in [-0.1, -0.05) is 34.8 Å². The van der Waals surface area contributed by atoms with Gasteiger partial charge in [-0.15, -0.1) is 0 Å². The van der Waals surface area contributed by atoms with E-state index < -0.39 is 22.8 Å². The first-order valence-electron chi connectivity index (χ1n) is 6.06. The van der Waals surface area contributed by atoms with Gasteiger partial charge in [-0.2, -0.15) is 13.2 Å². The topological polar surface area (TPSA) is 41.1 Å². The van der Waals surface area contributed by atoms with Crippen LogP contribution in [0.2, 0.25) is 15.1 Å². The van der Waals surface area contributed by atoms with E-state index in [1.54, 1.807) is 0 Å². The van der Waals surface area contributed by atoms with Crippen LogP contribution in [0.15, 0.2) is 36.4 Å². The van der Waals surface area contributed by atoms with Gasteiger partial charge < -0.3 is 10.6 Å². The number of nitrogens with one attached hydrogen (secondary N) is 2. The Morgan fingerprint density at radius 3 is 1.87 bits per heavy atom. The molecular weight excluding hydrogens is 376 g/mol. The van der Waals surface area contributed by atoms with Crippen molar-refractivity contribution >= 4 is 52.2 Å². The fourth-order valence-corrected chi connectivity index (χ4v) is 2.21. The number of alkyl halides is 3. The number of carbonyl (C=O) groups is 1. The zero-order valence-corrected chi connectivity index (χ0v) is 13.4. The molecule has 2 aromatic rings. The van der Waals surface area contributed by atoms with E-state index in [4.69, 9.17) is 34.8 Å². The third-order valence-corrected chi connectivity index (χ3v) is 3.78. The second-order valence-electron chi connectivity index (χ2n) is 4.40. The van der Waals surface area contributed by atoms with E-state index in [1.165, 1.54) is 24.3 Å². The van der Waals surface area contributed by atoms with Crippen molar-refractivity contribution in [3.05, 3.63) is 57.0 Å². The van der Waals surface area contributed by atoms with Gasteiger partial charge in [-0.05, 0) is 36.4 Å². The molecule has 2 rings (SSSR count). The number of hydrogen-bond donors (Lipinski definition) is 2. The van der Waals surface area contributed by atoms with Crippen molar-refractivity contribution in [3.8, 4) is 0 Å². The van der Waals surface area contributed by atoms with Gasteiger partial charge in [0.15, 0.2) is 0 Å². The number of halogens is 6. The number of urea groups is 1. The summed E-state index contributed by atoms with van der Waals surface area (Å²) in [4.78, 5) is 11.8. The highest BCUT2D eigenvalue weighted by Crippen LogP contribution is 2.36. The van der Waals surface area contributed by atoms with Crippen LogP contribution in [0.25, 0.3) is 0 Å². The summed E-state index contributed by atoms with van der Waals surface area (Å²) in [6.07, 6.45) is -4.62. The minimum atomic E-state index is -4.62. The minimum Gasteiger partial charge on any atom is -0.308 e. The van der Waals surface area contributed by atoms with E-state index in [0.29, 0.717) is 10.7 Å². The van der Waals surface area contributed by atoms with E-state index in [0.717, 1.165) is 12.1 Å². The van der Waals surface area contributed by atoms with Gasteiger partial charge in [-0.3, -0.25) is 0 Å². The predicted octanol–water partition coefficient (Wildman–Crippen LogP) is 6.31. The highest BCUT2D eigenvalue weighted by Gasteiger charge is 2.33. The maximum absolute atomic E-state index is 12.8. The molecule has 0 radical (unpaired) electrons. The third-order valence-electron chi connectivity index (χ3n) is 2.71. The summed E-state index contributed by atoms with van der Waals surface area (Å²) in [5, 5.41) is 4.79. The van der Waals surface area contributed by atoms with Gasteiger partial charge in [0.1, 0.15) is 0 Å². The molecule has 0 aliphatic carbocycles. The van der Waals surface area contributed by atoms with Crippen LogP contribution in [-0.4, -0.2) is 6.03 Å². The summed E-state index contributed by atoms with van der Waals surface area (Å²) < 4.78 is 38.3. The SMILES string of the molecule is O=C(Nc1ccc(Cl)c(Cl)c1)Nc1ccc(Cl)c(C(F)(F)F)c1. The summed E-state index contributed by atoms with van der Waals surface area (Å²) in [5.41, 5.74) is -0.757. The molecule has 0 saturated heterocycles. The molecule has 2 amide bonds. The van der Waals surface area contributed by atoms with Crippen LogP contribution in [0.4, 0.5) is 29.3 Å². The van der Waals surface area contributed by atoms with Crippen LogP contribution in [0.5, 0.6) is 0 Å². The standard InChI is InChI=1S/C14H8Cl3F3N2O/c15-10-3-1-7(5-9(10)14(18,19)20)21-13(23)22-8-2-4-11(16)12(17)6-8/h1-6H,(H2,21,22,23). The van der Waals surface area contributed by atoms with Gasteiger partial charge in [0.05, 0.1) is 20.6 Å². The molecule has 122 valence electrons. The molecule has 0 atom stereocenters. The smallest absolute Gasteiger partial charge is 0.308 e. The highest BCUT2D eigenvalue weighted by molar-refractivity contribution is 6.42. The van der Waals surface area contributed by atoms with Gasteiger partial charge >= 0.3 is 12.2 Å². The van der Waals surface area contributed by atoms with Gasteiger partial charge in [0.2, 0.25) is 0 Å². The zero-order valence-electron chi connectivity index (χ0n) is 11.1. The van der Waals surface area contributed by atoms with Crippen molar-refractivity contribution in [1.82, 2.24) is 0 Å². The Bertz CT molecular complexity index is 751. The quantitative estimate of drug-likeness (QED) is 0.627.